The van der Waals surface area contributed by atoms with Crippen LogP contribution in [0.1, 0.15) is 22.3 Å². The van der Waals surface area contributed by atoms with E-state index in [1.165, 1.54) is 24.5 Å². The lowest BCUT2D eigenvalue weighted by Crippen LogP contribution is -2.11. The Bertz CT molecular complexity index is 4350. The number of rotatable bonds is 8. The van der Waals surface area contributed by atoms with E-state index in [9.17, 15) is 52.7 Å². The molecule has 0 unspecified atom stereocenters. The number of hydrogen-bond donors (Lipinski definition) is 0. The maximum atomic E-state index is 13.7. The molecular formula is C66H34F12N4O2. The first-order valence-corrected chi connectivity index (χ1v) is 25.6. The van der Waals surface area contributed by atoms with Crippen molar-refractivity contribution in [1.82, 2.24) is 19.9 Å². The SMILES string of the molecule is FC(F)(F)c1cc(-c2ccc(-c3ccccc3-c3ccc4oc5c(-c6ccc(-c7ccnc8c7oc7ccc(-c9ccccc9-c9ccc(-c%10cc(C(F)(F)F)cc(C(F)(F)F)c%10)cn9)cc78)cc6)ccnc5c4c3)nc2)cc(C(F)(F)F)c1. The summed E-state index contributed by atoms with van der Waals surface area (Å²) in [6.07, 6.45) is -14.1. The topological polar surface area (TPSA) is 77.8 Å². The largest absolute Gasteiger partial charge is 0.454 e. The van der Waals surface area contributed by atoms with Crippen LogP contribution in [0.2, 0.25) is 0 Å². The molecule has 0 amide bonds. The van der Waals surface area contributed by atoms with Crippen molar-refractivity contribution in [3.05, 3.63) is 229 Å². The summed E-state index contributed by atoms with van der Waals surface area (Å²) in [5, 5.41) is 1.44. The first kappa shape index (κ1) is 53.2. The van der Waals surface area contributed by atoms with Gasteiger partial charge in [0.1, 0.15) is 22.2 Å². The van der Waals surface area contributed by atoms with E-state index < -0.39 is 47.0 Å². The van der Waals surface area contributed by atoms with Crippen molar-refractivity contribution in [2.24, 2.45) is 0 Å². The van der Waals surface area contributed by atoms with Gasteiger partial charge >= 0.3 is 24.7 Å². The van der Waals surface area contributed by atoms with Crippen LogP contribution in [0.15, 0.2) is 216 Å². The van der Waals surface area contributed by atoms with Crippen LogP contribution in [0.5, 0.6) is 0 Å². The quantitative estimate of drug-likeness (QED) is 0.141. The Morgan fingerprint density at radius 2 is 0.607 bits per heavy atom. The first-order chi connectivity index (χ1) is 40.1. The van der Waals surface area contributed by atoms with Gasteiger partial charge in [-0.25, -0.2) is 0 Å². The first-order valence-electron chi connectivity index (χ1n) is 25.6. The average Bonchev–Trinajstić information content (AvgIpc) is 2.02. The molecule has 0 spiro atoms. The van der Waals surface area contributed by atoms with Crippen molar-refractivity contribution in [3.8, 4) is 89.3 Å². The van der Waals surface area contributed by atoms with Crippen LogP contribution in [-0.2, 0) is 24.7 Å². The van der Waals surface area contributed by atoms with E-state index in [0.29, 0.717) is 80.1 Å². The Morgan fingerprint density at radius 1 is 0.274 bits per heavy atom. The van der Waals surface area contributed by atoms with Crippen molar-refractivity contribution in [2.45, 2.75) is 24.7 Å². The summed E-state index contributed by atoms with van der Waals surface area (Å²) in [7, 11) is 0. The molecule has 6 heterocycles. The van der Waals surface area contributed by atoms with E-state index in [4.69, 9.17) is 18.8 Å². The number of hydrogen-bond acceptors (Lipinski definition) is 6. The van der Waals surface area contributed by atoms with E-state index in [0.717, 1.165) is 55.3 Å². The zero-order valence-electron chi connectivity index (χ0n) is 42.8. The Morgan fingerprint density at radius 3 is 0.940 bits per heavy atom. The Labute approximate surface area is 467 Å². The molecule has 0 saturated heterocycles. The van der Waals surface area contributed by atoms with Crippen LogP contribution in [0, 0.1) is 0 Å². The molecule has 0 aliphatic carbocycles. The summed E-state index contributed by atoms with van der Waals surface area (Å²) in [6.45, 7) is 0. The fraction of sp³-hybridized carbons (Fsp3) is 0.0606. The maximum Gasteiger partial charge on any atom is 0.416 e. The fourth-order valence-corrected chi connectivity index (χ4v) is 10.5. The number of alkyl halides is 12. The summed E-state index contributed by atoms with van der Waals surface area (Å²) < 4.78 is 177. The van der Waals surface area contributed by atoms with Gasteiger partial charge in [0.25, 0.3) is 0 Å². The van der Waals surface area contributed by atoms with Gasteiger partial charge in [-0.15, -0.1) is 0 Å². The van der Waals surface area contributed by atoms with Gasteiger partial charge in [0, 0.05) is 68.9 Å². The molecule has 13 aromatic rings. The van der Waals surface area contributed by atoms with E-state index in [2.05, 4.69) is 9.97 Å². The lowest BCUT2D eigenvalue weighted by Gasteiger charge is -2.15. The molecule has 13 rings (SSSR count). The summed E-state index contributed by atoms with van der Waals surface area (Å²) in [4.78, 5) is 18.4. The van der Waals surface area contributed by atoms with Crippen molar-refractivity contribution in [2.75, 3.05) is 0 Å². The Hall–Kier alpha value is -10.1. The summed E-state index contributed by atoms with van der Waals surface area (Å²) in [5.74, 6) is 0. The third-order valence-corrected chi connectivity index (χ3v) is 14.6. The Kier molecular flexibility index (Phi) is 12.6. The molecule has 0 saturated carbocycles. The highest BCUT2D eigenvalue weighted by Gasteiger charge is 2.39. The molecule has 0 fully saturated rings. The molecule has 7 aromatic carbocycles. The molecule has 0 N–H and O–H groups in total. The number of pyridine rings is 4. The standard InChI is InChI=1S/C66H34F12N4O2/c67-63(68,69)43-25-41(26-44(31-43)64(70,71)72)39-13-17-55(81-33-39)51-7-3-1-5-47(51)37-15-19-57-53(29-37)59-61(83-57)49(21-23-79-59)35-9-11-36(12-10-35)50-22-24-80-60-54-30-38(16-20-58(54)84-62(50)60)48-6-2-4-8-52(48)56-18-14-40(34-82-56)42-27-45(65(73,74)75)32-46(28-42)66(76,77)78/h1-34H. The average molecular weight is 1140 g/mol. The molecule has 84 heavy (non-hydrogen) atoms. The molecule has 0 aliphatic heterocycles. The van der Waals surface area contributed by atoms with E-state index >= 15 is 0 Å². The predicted octanol–water partition coefficient (Wildman–Crippen LogP) is 20.5. The lowest BCUT2D eigenvalue weighted by atomic mass is 9.95. The van der Waals surface area contributed by atoms with Gasteiger partial charge in [-0.3, -0.25) is 19.9 Å². The number of aromatic nitrogens is 4. The molecule has 0 aliphatic rings. The molecular weight excluding hydrogens is 1110 g/mol. The van der Waals surface area contributed by atoms with E-state index in [1.807, 2.05) is 109 Å². The van der Waals surface area contributed by atoms with Crippen LogP contribution >= 0.6 is 0 Å². The van der Waals surface area contributed by atoms with Gasteiger partial charge in [0.05, 0.1) is 33.6 Å². The molecule has 6 aromatic heterocycles. The van der Waals surface area contributed by atoms with Crippen molar-refractivity contribution < 1.29 is 61.5 Å². The minimum Gasteiger partial charge on any atom is -0.454 e. The molecule has 0 radical (unpaired) electrons. The van der Waals surface area contributed by atoms with Crippen LogP contribution < -0.4 is 0 Å². The summed E-state index contributed by atoms with van der Waals surface area (Å²) >= 11 is 0. The predicted molar refractivity (Wildman–Crippen MR) is 296 cm³/mol. The second kappa shape index (κ2) is 19.8. The third kappa shape index (κ3) is 9.81. The minimum atomic E-state index is -5.00. The van der Waals surface area contributed by atoms with Crippen LogP contribution in [-0.4, -0.2) is 19.9 Å². The number of furan rings is 2. The summed E-state index contributed by atoms with van der Waals surface area (Å²) in [5.41, 5.74) is 5.73. The highest BCUT2D eigenvalue weighted by atomic mass is 19.4. The normalized spacial score (nSPS) is 12.5. The van der Waals surface area contributed by atoms with Gasteiger partial charge in [-0.2, -0.15) is 52.7 Å². The number of benzene rings is 7. The smallest absolute Gasteiger partial charge is 0.416 e. The lowest BCUT2D eigenvalue weighted by molar-refractivity contribution is -0.144. The van der Waals surface area contributed by atoms with Crippen molar-refractivity contribution in [1.29, 1.82) is 0 Å². The zero-order chi connectivity index (χ0) is 58.5. The number of halogens is 12. The maximum absolute atomic E-state index is 13.7. The fourth-order valence-electron chi connectivity index (χ4n) is 10.5. The molecule has 414 valence electrons. The molecule has 18 heteroatoms. The molecule has 6 nitrogen and oxygen atoms in total. The summed E-state index contributed by atoms with van der Waals surface area (Å²) in [6, 6.07) is 46.3. The van der Waals surface area contributed by atoms with Gasteiger partial charge in [-0.05, 0) is 129 Å². The second-order valence-corrected chi connectivity index (χ2v) is 19.8. The van der Waals surface area contributed by atoms with Gasteiger partial charge in [0.2, 0.25) is 0 Å². The Balaban J connectivity index is 0.777. The van der Waals surface area contributed by atoms with Gasteiger partial charge in [0.15, 0.2) is 11.2 Å². The van der Waals surface area contributed by atoms with Crippen LogP contribution in [0.4, 0.5) is 52.7 Å². The number of nitrogens with zero attached hydrogens (tertiary/aromatic N) is 4. The molecule has 0 bridgehead atoms. The van der Waals surface area contributed by atoms with Crippen molar-refractivity contribution >= 4 is 44.1 Å². The van der Waals surface area contributed by atoms with Gasteiger partial charge in [-0.1, -0.05) is 97.1 Å². The highest BCUT2D eigenvalue weighted by molar-refractivity contribution is 6.10. The second-order valence-electron chi connectivity index (χ2n) is 19.8. The van der Waals surface area contributed by atoms with E-state index in [-0.39, 0.29) is 34.4 Å². The third-order valence-electron chi connectivity index (χ3n) is 14.6. The monoisotopic (exact) mass is 1140 g/mol. The minimum absolute atomic E-state index is 0.0725. The van der Waals surface area contributed by atoms with Crippen LogP contribution in [0.3, 0.4) is 0 Å². The van der Waals surface area contributed by atoms with Crippen LogP contribution in [0.25, 0.3) is 133 Å². The van der Waals surface area contributed by atoms with E-state index in [1.54, 1.807) is 36.7 Å². The molecule has 0 atom stereocenters. The zero-order valence-corrected chi connectivity index (χ0v) is 42.8. The highest BCUT2D eigenvalue weighted by Crippen LogP contribution is 2.45. The number of fused-ring (bicyclic) bond motifs is 6. The van der Waals surface area contributed by atoms with Gasteiger partial charge < -0.3 is 8.83 Å². The van der Waals surface area contributed by atoms with Crippen molar-refractivity contribution in [3.63, 3.8) is 0 Å².